The maximum Gasteiger partial charge on any atom is 0.0236 e. The second-order valence-electron chi connectivity index (χ2n) is 3.71. The first-order valence-corrected chi connectivity index (χ1v) is 4.33. The van der Waals surface area contributed by atoms with Crippen molar-refractivity contribution in [1.82, 2.24) is 9.80 Å². The van der Waals surface area contributed by atoms with Crippen LogP contribution in [-0.4, -0.2) is 37.5 Å². The normalized spacial score (nSPS) is 21.6. The second-order valence-corrected chi connectivity index (χ2v) is 3.71. The molecule has 0 aliphatic carbocycles. The highest BCUT2D eigenvalue weighted by atomic mass is 15.1. The molecule has 0 aromatic heterocycles. The molecule has 12 heavy (non-hydrogen) atoms. The van der Waals surface area contributed by atoms with Crippen LogP contribution in [0.5, 0.6) is 0 Å². The van der Waals surface area contributed by atoms with E-state index in [0.29, 0.717) is 5.92 Å². The molecule has 2 heteroatoms. The Labute approximate surface area is 75.2 Å². The SMILES string of the molecule is C=C(CC1C=CN(C)C1)N(C)C. The van der Waals surface area contributed by atoms with Crippen molar-refractivity contribution in [2.75, 3.05) is 27.7 Å². The summed E-state index contributed by atoms with van der Waals surface area (Å²) < 4.78 is 0. The fraction of sp³-hybridized carbons (Fsp3) is 0.600. The lowest BCUT2D eigenvalue weighted by Crippen LogP contribution is -2.17. The molecule has 0 aromatic rings. The van der Waals surface area contributed by atoms with Crippen molar-refractivity contribution >= 4 is 0 Å². The van der Waals surface area contributed by atoms with Gasteiger partial charge in [-0.25, -0.2) is 0 Å². The molecule has 1 aliphatic heterocycles. The Kier molecular flexibility index (Phi) is 2.79. The molecule has 0 spiro atoms. The van der Waals surface area contributed by atoms with Crippen molar-refractivity contribution in [3.05, 3.63) is 24.6 Å². The number of nitrogens with zero attached hydrogens (tertiary/aromatic N) is 2. The molecule has 0 aromatic carbocycles. The van der Waals surface area contributed by atoms with E-state index >= 15 is 0 Å². The fourth-order valence-corrected chi connectivity index (χ4v) is 1.38. The predicted molar refractivity (Wildman–Crippen MR) is 52.7 cm³/mol. The number of hydrogen-bond acceptors (Lipinski definition) is 2. The van der Waals surface area contributed by atoms with Gasteiger partial charge in [-0.3, -0.25) is 0 Å². The van der Waals surface area contributed by atoms with Crippen molar-refractivity contribution in [3.63, 3.8) is 0 Å². The number of allylic oxidation sites excluding steroid dienone is 1. The Bertz CT molecular complexity index is 194. The van der Waals surface area contributed by atoms with Crippen LogP contribution in [0, 0.1) is 5.92 Å². The first-order valence-electron chi connectivity index (χ1n) is 4.33. The lowest BCUT2D eigenvalue weighted by Gasteiger charge is -2.19. The molecular formula is C10H18N2. The summed E-state index contributed by atoms with van der Waals surface area (Å²) >= 11 is 0. The molecule has 0 bridgehead atoms. The molecule has 0 radical (unpaired) electrons. The first kappa shape index (κ1) is 9.17. The Morgan fingerprint density at radius 3 is 2.75 bits per heavy atom. The van der Waals surface area contributed by atoms with Crippen LogP contribution in [0.3, 0.4) is 0 Å². The van der Waals surface area contributed by atoms with E-state index in [0.717, 1.165) is 13.0 Å². The van der Waals surface area contributed by atoms with Gasteiger partial charge < -0.3 is 9.80 Å². The van der Waals surface area contributed by atoms with Crippen LogP contribution in [-0.2, 0) is 0 Å². The molecule has 1 rings (SSSR count). The zero-order chi connectivity index (χ0) is 9.14. The smallest absolute Gasteiger partial charge is 0.0236 e. The third-order valence-electron chi connectivity index (χ3n) is 2.27. The summed E-state index contributed by atoms with van der Waals surface area (Å²) in [6, 6.07) is 0. The van der Waals surface area contributed by atoms with Crippen LogP contribution < -0.4 is 0 Å². The zero-order valence-electron chi connectivity index (χ0n) is 8.25. The lowest BCUT2D eigenvalue weighted by atomic mass is 10.1. The Balaban J connectivity index is 2.34. The molecule has 1 heterocycles. The molecule has 0 saturated heterocycles. The van der Waals surface area contributed by atoms with Crippen LogP contribution in [0.4, 0.5) is 0 Å². The number of hydrogen-bond donors (Lipinski definition) is 0. The third-order valence-corrected chi connectivity index (χ3v) is 2.27. The average Bonchev–Trinajstić information content (AvgIpc) is 2.35. The van der Waals surface area contributed by atoms with Crippen molar-refractivity contribution in [2.45, 2.75) is 6.42 Å². The Morgan fingerprint density at radius 2 is 2.33 bits per heavy atom. The molecule has 1 atom stereocenters. The van der Waals surface area contributed by atoms with Crippen LogP contribution in [0.25, 0.3) is 0 Å². The monoisotopic (exact) mass is 166 g/mol. The maximum absolute atomic E-state index is 4.02. The summed E-state index contributed by atoms with van der Waals surface area (Å²) in [4.78, 5) is 4.31. The van der Waals surface area contributed by atoms with Gasteiger partial charge in [0.25, 0.3) is 0 Å². The summed E-state index contributed by atoms with van der Waals surface area (Å²) in [7, 11) is 6.20. The van der Waals surface area contributed by atoms with Crippen molar-refractivity contribution < 1.29 is 0 Å². The highest BCUT2D eigenvalue weighted by Crippen LogP contribution is 2.18. The van der Waals surface area contributed by atoms with Gasteiger partial charge in [0.1, 0.15) is 0 Å². The fourth-order valence-electron chi connectivity index (χ4n) is 1.38. The molecule has 0 saturated carbocycles. The molecule has 2 nitrogen and oxygen atoms in total. The molecule has 1 aliphatic rings. The summed E-state index contributed by atoms with van der Waals surface area (Å²) in [5, 5.41) is 0. The molecule has 1 unspecified atom stereocenters. The van der Waals surface area contributed by atoms with Crippen LogP contribution in [0.15, 0.2) is 24.6 Å². The molecular weight excluding hydrogens is 148 g/mol. The van der Waals surface area contributed by atoms with Gasteiger partial charge in [0, 0.05) is 39.3 Å². The van der Waals surface area contributed by atoms with E-state index in [9.17, 15) is 0 Å². The van der Waals surface area contributed by atoms with E-state index < -0.39 is 0 Å². The predicted octanol–water partition coefficient (Wildman–Crippen LogP) is 1.53. The van der Waals surface area contributed by atoms with Gasteiger partial charge in [0.05, 0.1) is 0 Å². The van der Waals surface area contributed by atoms with E-state index in [1.165, 1.54) is 5.70 Å². The highest BCUT2D eigenvalue weighted by molar-refractivity contribution is 5.03. The van der Waals surface area contributed by atoms with E-state index in [4.69, 9.17) is 0 Å². The average molecular weight is 166 g/mol. The standard InChI is InChI=1S/C10H18N2/c1-9(11(2)3)7-10-5-6-12(4)8-10/h5-6,10H,1,7-8H2,2-4H3. The van der Waals surface area contributed by atoms with Gasteiger partial charge >= 0.3 is 0 Å². The van der Waals surface area contributed by atoms with E-state index in [-0.39, 0.29) is 0 Å². The van der Waals surface area contributed by atoms with Crippen molar-refractivity contribution in [2.24, 2.45) is 5.92 Å². The lowest BCUT2D eigenvalue weighted by molar-refractivity contribution is 0.404. The minimum Gasteiger partial charge on any atom is -0.381 e. The minimum absolute atomic E-state index is 0.657. The largest absolute Gasteiger partial charge is 0.381 e. The topological polar surface area (TPSA) is 6.48 Å². The van der Waals surface area contributed by atoms with Gasteiger partial charge in [-0.15, -0.1) is 0 Å². The third kappa shape index (κ3) is 2.29. The van der Waals surface area contributed by atoms with Crippen LogP contribution >= 0.6 is 0 Å². The van der Waals surface area contributed by atoms with Crippen molar-refractivity contribution in [1.29, 1.82) is 0 Å². The second kappa shape index (κ2) is 3.65. The first-order chi connectivity index (χ1) is 5.59. The minimum atomic E-state index is 0.657. The van der Waals surface area contributed by atoms with E-state index in [1.54, 1.807) is 0 Å². The molecule has 68 valence electrons. The maximum atomic E-state index is 4.02. The van der Waals surface area contributed by atoms with Gasteiger partial charge in [0.15, 0.2) is 0 Å². The quantitative estimate of drug-likeness (QED) is 0.627. The summed E-state index contributed by atoms with van der Waals surface area (Å²) in [6.45, 7) is 5.15. The summed E-state index contributed by atoms with van der Waals surface area (Å²) in [5.41, 5.74) is 1.21. The van der Waals surface area contributed by atoms with Crippen LogP contribution in [0.1, 0.15) is 6.42 Å². The van der Waals surface area contributed by atoms with Gasteiger partial charge in [0.2, 0.25) is 0 Å². The van der Waals surface area contributed by atoms with E-state index in [2.05, 4.69) is 35.7 Å². The summed E-state index contributed by atoms with van der Waals surface area (Å²) in [6.07, 6.45) is 5.48. The zero-order valence-corrected chi connectivity index (χ0v) is 8.25. The number of rotatable bonds is 3. The summed E-state index contributed by atoms with van der Waals surface area (Å²) in [5.74, 6) is 0.657. The van der Waals surface area contributed by atoms with E-state index in [1.807, 2.05) is 14.1 Å². The highest BCUT2D eigenvalue weighted by Gasteiger charge is 2.14. The van der Waals surface area contributed by atoms with Crippen molar-refractivity contribution in [3.8, 4) is 0 Å². The van der Waals surface area contributed by atoms with Gasteiger partial charge in [-0.05, 0) is 12.6 Å². The Morgan fingerprint density at radius 1 is 1.67 bits per heavy atom. The van der Waals surface area contributed by atoms with Gasteiger partial charge in [-0.2, -0.15) is 0 Å². The molecule has 0 N–H and O–H groups in total. The molecule has 0 amide bonds. The molecule has 0 fully saturated rings. The van der Waals surface area contributed by atoms with Crippen LogP contribution in [0.2, 0.25) is 0 Å². The Hall–Kier alpha value is -0.920. The van der Waals surface area contributed by atoms with Gasteiger partial charge in [-0.1, -0.05) is 12.7 Å².